The molecule has 0 saturated carbocycles. The van der Waals surface area contributed by atoms with Crippen LogP contribution in [0.5, 0.6) is 0 Å². The van der Waals surface area contributed by atoms with Gasteiger partial charge in [-0.2, -0.15) is 0 Å². The summed E-state index contributed by atoms with van der Waals surface area (Å²) in [5.74, 6) is 0. The summed E-state index contributed by atoms with van der Waals surface area (Å²) in [4.78, 5) is 25.8. The lowest BCUT2D eigenvalue weighted by molar-refractivity contribution is 0.179. The van der Waals surface area contributed by atoms with Crippen molar-refractivity contribution in [3.8, 4) is 0 Å². The first-order valence-electron chi connectivity index (χ1n) is 6.90. The standard InChI is InChI=1S/C14H26N4O2/c1-6-18(10-14(2,3)9-15)8-11-7-12(19)17(5)13(20)16(11)4/h7H,6,8-10,15H2,1-5H3. The molecule has 0 bridgehead atoms. The summed E-state index contributed by atoms with van der Waals surface area (Å²) in [6.07, 6.45) is 0. The lowest BCUT2D eigenvalue weighted by Crippen LogP contribution is -2.42. The molecule has 0 aromatic carbocycles. The number of hydrogen-bond acceptors (Lipinski definition) is 4. The lowest BCUT2D eigenvalue weighted by Gasteiger charge is -2.31. The molecular formula is C14H26N4O2. The lowest BCUT2D eigenvalue weighted by atomic mass is 9.93. The molecular weight excluding hydrogens is 256 g/mol. The van der Waals surface area contributed by atoms with Crippen molar-refractivity contribution in [2.45, 2.75) is 27.3 Å². The Labute approximate surface area is 119 Å². The fraction of sp³-hybridized carbons (Fsp3) is 0.714. The van der Waals surface area contributed by atoms with Crippen LogP contribution >= 0.6 is 0 Å². The molecule has 0 amide bonds. The second-order valence-corrected chi connectivity index (χ2v) is 6.05. The summed E-state index contributed by atoms with van der Waals surface area (Å²) >= 11 is 0. The van der Waals surface area contributed by atoms with E-state index in [1.165, 1.54) is 17.7 Å². The normalized spacial score (nSPS) is 12.2. The van der Waals surface area contributed by atoms with E-state index in [2.05, 4.69) is 25.7 Å². The molecule has 1 rings (SSSR count). The van der Waals surface area contributed by atoms with Crippen LogP contribution in [-0.2, 0) is 20.6 Å². The average Bonchev–Trinajstić information content (AvgIpc) is 2.41. The smallest absolute Gasteiger partial charge is 0.330 e. The van der Waals surface area contributed by atoms with Crippen LogP contribution in [0.3, 0.4) is 0 Å². The van der Waals surface area contributed by atoms with Crippen LogP contribution in [0, 0.1) is 5.41 Å². The quantitative estimate of drug-likeness (QED) is 0.790. The summed E-state index contributed by atoms with van der Waals surface area (Å²) in [5.41, 5.74) is 5.95. The summed E-state index contributed by atoms with van der Waals surface area (Å²) in [6, 6.07) is 1.53. The third-order valence-electron chi connectivity index (χ3n) is 3.66. The molecule has 1 heterocycles. The van der Waals surface area contributed by atoms with Crippen LogP contribution < -0.4 is 17.0 Å². The van der Waals surface area contributed by atoms with Gasteiger partial charge in [0.25, 0.3) is 5.56 Å². The molecule has 20 heavy (non-hydrogen) atoms. The highest BCUT2D eigenvalue weighted by atomic mass is 16.2. The fourth-order valence-electron chi connectivity index (χ4n) is 2.11. The van der Waals surface area contributed by atoms with E-state index in [9.17, 15) is 9.59 Å². The molecule has 0 spiro atoms. The Morgan fingerprint density at radius 2 is 1.85 bits per heavy atom. The zero-order valence-corrected chi connectivity index (χ0v) is 13.1. The second-order valence-electron chi connectivity index (χ2n) is 6.05. The van der Waals surface area contributed by atoms with Gasteiger partial charge in [0.15, 0.2) is 0 Å². The molecule has 0 fully saturated rings. The highest BCUT2D eigenvalue weighted by Crippen LogP contribution is 2.16. The molecule has 0 atom stereocenters. The highest BCUT2D eigenvalue weighted by molar-refractivity contribution is 5.02. The van der Waals surface area contributed by atoms with Crippen molar-refractivity contribution in [1.29, 1.82) is 0 Å². The van der Waals surface area contributed by atoms with Crippen molar-refractivity contribution in [3.05, 3.63) is 32.6 Å². The van der Waals surface area contributed by atoms with Crippen LogP contribution in [-0.4, -0.2) is 33.7 Å². The Balaban J connectivity index is 3.03. The van der Waals surface area contributed by atoms with Crippen molar-refractivity contribution < 1.29 is 0 Å². The minimum Gasteiger partial charge on any atom is -0.330 e. The molecule has 1 aromatic rings. The molecule has 0 aliphatic carbocycles. The SMILES string of the molecule is CCN(Cc1cc(=O)n(C)c(=O)n1C)CC(C)(C)CN. The molecule has 0 unspecified atom stereocenters. The average molecular weight is 282 g/mol. The maximum atomic E-state index is 11.9. The van der Waals surface area contributed by atoms with Crippen molar-refractivity contribution >= 4 is 0 Å². The third-order valence-corrected chi connectivity index (χ3v) is 3.66. The highest BCUT2D eigenvalue weighted by Gasteiger charge is 2.20. The summed E-state index contributed by atoms with van der Waals surface area (Å²) in [7, 11) is 3.18. The van der Waals surface area contributed by atoms with Crippen molar-refractivity contribution in [2.75, 3.05) is 19.6 Å². The maximum Gasteiger partial charge on any atom is 0.330 e. The molecule has 0 aliphatic rings. The zero-order chi connectivity index (χ0) is 15.5. The van der Waals surface area contributed by atoms with Gasteiger partial charge in [-0.15, -0.1) is 0 Å². The van der Waals surface area contributed by atoms with Crippen LogP contribution in [0.25, 0.3) is 0 Å². The number of hydrogen-bond donors (Lipinski definition) is 1. The van der Waals surface area contributed by atoms with Gasteiger partial charge in [0.2, 0.25) is 0 Å². The molecule has 114 valence electrons. The number of nitrogens with two attached hydrogens (primary N) is 1. The van der Waals surface area contributed by atoms with Crippen LogP contribution in [0.15, 0.2) is 15.7 Å². The number of aromatic nitrogens is 2. The molecule has 0 aliphatic heterocycles. The molecule has 1 aromatic heterocycles. The molecule has 6 heteroatoms. The van der Waals surface area contributed by atoms with E-state index in [1.807, 2.05) is 0 Å². The van der Waals surface area contributed by atoms with Gasteiger partial charge in [-0.05, 0) is 18.5 Å². The van der Waals surface area contributed by atoms with Gasteiger partial charge in [0.1, 0.15) is 0 Å². The van der Waals surface area contributed by atoms with Gasteiger partial charge in [0.05, 0.1) is 0 Å². The van der Waals surface area contributed by atoms with E-state index in [1.54, 1.807) is 7.05 Å². The van der Waals surface area contributed by atoms with E-state index < -0.39 is 0 Å². The van der Waals surface area contributed by atoms with Crippen molar-refractivity contribution in [3.63, 3.8) is 0 Å². The van der Waals surface area contributed by atoms with Crippen molar-refractivity contribution in [2.24, 2.45) is 25.2 Å². The predicted molar refractivity (Wildman–Crippen MR) is 80.7 cm³/mol. The van der Waals surface area contributed by atoms with E-state index in [4.69, 9.17) is 5.73 Å². The molecule has 0 radical (unpaired) electrons. The topological polar surface area (TPSA) is 73.3 Å². The van der Waals surface area contributed by atoms with Crippen LogP contribution in [0.2, 0.25) is 0 Å². The largest absolute Gasteiger partial charge is 0.330 e. The minimum atomic E-state index is -0.290. The van der Waals surface area contributed by atoms with Gasteiger partial charge in [-0.1, -0.05) is 20.8 Å². The number of nitrogens with zero attached hydrogens (tertiary/aromatic N) is 3. The van der Waals surface area contributed by atoms with Gasteiger partial charge < -0.3 is 5.73 Å². The molecule has 2 N–H and O–H groups in total. The van der Waals surface area contributed by atoms with E-state index >= 15 is 0 Å². The Morgan fingerprint density at radius 3 is 2.35 bits per heavy atom. The van der Waals surface area contributed by atoms with E-state index in [-0.39, 0.29) is 16.7 Å². The first-order valence-corrected chi connectivity index (χ1v) is 6.90. The van der Waals surface area contributed by atoms with Crippen LogP contribution in [0.4, 0.5) is 0 Å². The Morgan fingerprint density at radius 1 is 1.25 bits per heavy atom. The van der Waals surface area contributed by atoms with Crippen molar-refractivity contribution in [1.82, 2.24) is 14.0 Å². The molecule has 0 saturated heterocycles. The fourth-order valence-corrected chi connectivity index (χ4v) is 2.11. The Kier molecular flexibility index (Phi) is 5.30. The number of rotatable bonds is 6. The Bertz CT molecular complexity index is 572. The first kappa shape index (κ1) is 16.7. The second kappa shape index (κ2) is 6.37. The van der Waals surface area contributed by atoms with Gasteiger partial charge >= 0.3 is 5.69 Å². The Hall–Kier alpha value is -1.40. The molecule has 6 nitrogen and oxygen atoms in total. The maximum absolute atomic E-state index is 11.9. The van der Waals surface area contributed by atoms with Gasteiger partial charge in [-0.25, -0.2) is 4.79 Å². The van der Waals surface area contributed by atoms with Gasteiger partial charge in [0, 0.05) is 38.9 Å². The summed E-state index contributed by atoms with van der Waals surface area (Å²) < 4.78 is 2.64. The summed E-state index contributed by atoms with van der Waals surface area (Å²) in [5, 5.41) is 0. The third kappa shape index (κ3) is 3.80. The van der Waals surface area contributed by atoms with Crippen LogP contribution in [0.1, 0.15) is 26.5 Å². The van der Waals surface area contributed by atoms with E-state index in [0.717, 1.165) is 23.4 Å². The zero-order valence-electron chi connectivity index (χ0n) is 13.1. The minimum absolute atomic E-state index is 0.00855. The predicted octanol–water partition coefficient (Wildman–Crippen LogP) is -0.109. The van der Waals surface area contributed by atoms with Gasteiger partial charge in [-0.3, -0.25) is 18.8 Å². The first-order chi connectivity index (χ1) is 9.21. The summed E-state index contributed by atoms with van der Waals surface area (Å²) in [6.45, 7) is 9.11. The monoisotopic (exact) mass is 282 g/mol. The van der Waals surface area contributed by atoms with E-state index in [0.29, 0.717) is 13.1 Å².